The topological polar surface area (TPSA) is 77.9 Å². The molecule has 0 heterocycles. The summed E-state index contributed by atoms with van der Waals surface area (Å²) in [5, 5.41) is 10.5. The average molecular weight is 336 g/mol. The lowest BCUT2D eigenvalue weighted by molar-refractivity contribution is -0.137. The molecule has 0 aliphatic carbocycles. The zero-order valence-electron chi connectivity index (χ0n) is 13.1. The van der Waals surface area contributed by atoms with Gasteiger partial charge in [0.05, 0.1) is 5.69 Å². The van der Waals surface area contributed by atoms with E-state index in [4.69, 9.17) is 5.11 Å². The lowest BCUT2D eigenvalue weighted by Gasteiger charge is -2.21. The predicted molar refractivity (Wildman–Crippen MR) is 92.8 cm³/mol. The molecule has 0 radical (unpaired) electrons. The first-order valence-electron chi connectivity index (χ1n) is 7.24. The van der Waals surface area contributed by atoms with Crippen LogP contribution in [0.25, 0.3) is 10.8 Å². The summed E-state index contributed by atoms with van der Waals surface area (Å²) in [5.74, 6) is -0.932. The maximum atomic E-state index is 11.6. The van der Waals surface area contributed by atoms with Crippen LogP contribution in [0.4, 0.5) is 11.4 Å². The quantitative estimate of drug-likeness (QED) is 0.757. The van der Waals surface area contributed by atoms with E-state index < -0.39 is 16.9 Å². The van der Waals surface area contributed by atoms with Gasteiger partial charge in [0.15, 0.2) is 0 Å². The fourth-order valence-electron chi connectivity index (χ4n) is 2.56. The number of carboxylic acid groups (broad SMARTS) is 1. The Hall–Kier alpha value is -2.28. The number of benzene rings is 2. The molecule has 124 valence electrons. The van der Waals surface area contributed by atoms with Crippen LogP contribution in [0.2, 0.25) is 0 Å². The predicted octanol–water partition coefficient (Wildman–Crippen LogP) is 2.10. The number of carboxylic acids is 1. The normalized spacial score (nSPS) is 10.9. The van der Waals surface area contributed by atoms with Crippen molar-refractivity contribution in [3.8, 4) is 0 Å². The van der Waals surface area contributed by atoms with Crippen LogP contribution in [0.5, 0.6) is 0 Å². The molecule has 1 N–H and O–H groups in total. The molecular weight excluding hydrogens is 316 g/mol. The summed E-state index contributed by atoms with van der Waals surface area (Å²) in [6.07, 6.45) is 0.204. The van der Waals surface area contributed by atoms with Gasteiger partial charge in [-0.25, -0.2) is 8.42 Å². The smallest absolute Gasteiger partial charge is 0.303 e. The van der Waals surface area contributed by atoms with Crippen molar-refractivity contribution in [3.05, 3.63) is 36.4 Å². The van der Waals surface area contributed by atoms with Gasteiger partial charge in [-0.3, -0.25) is 9.10 Å². The molecule has 2 aromatic carbocycles. The van der Waals surface area contributed by atoms with Gasteiger partial charge < -0.3 is 10.0 Å². The molecule has 0 atom stereocenters. The number of hydrogen-bond donors (Lipinski definition) is 2. The Kier molecular flexibility index (Phi) is 5.44. The molecule has 23 heavy (non-hydrogen) atoms. The number of fused-ring (bicyclic) bond motifs is 1. The van der Waals surface area contributed by atoms with Crippen LogP contribution in [0.15, 0.2) is 36.4 Å². The van der Waals surface area contributed by atoms with Crippen LogP contribution in [0.1, 0.15) is 12.8 Å². The maximum absolute atomic E-state index is 11.6. The second-order valence-electron chi connectivity index (χ2n) is 5.40. The van der Waals surface area contributed by atoms with Crippen LogP contribution < -0.4 is 9.21 Å². The Morgan fingerprint density at radius 3 is 2.13 bits per heavy atom. The molecule has 0 amide bonds. The third kappa shape index (κ3) is 3.92. The third-order valence-electron chi connectivity index (χ3n) is 3.59. The summed E-state index contributed by atoms with van der Waals surface area (Å²) in [6, 6.07) is 11.2. The van der Waals surface area contributed by atoms with Crippen molar-refractivity contribution in [1.82, 2.24) is 0 Å². The van der Waals surface area contributed by atoms with E-state index in [9.17, 15) is 13.2 Å². The van der Waals surface area contributed by atoms with Crippen LogP contribution in [-0.2, 0) is 15.7 Å². The summed E-state index contributed by atoms with van der Waals surface area (Å²) < 4.78 is 24.5. The number of aliphatic carboxylic acids is 1. The first-order chi connectivity index (χ1) is 10.9. The highest BCUT2D eigenvalue weighted by atomic mass is 32.2. The number of anilines is 2. The second kappa shape index (κ2) is 7.32. The van der Waals surface area contributed by atoms with E-state index in [0.717, 1.165) is 16.5 Å². The van der Waals surface area contributed by atoms with Gasteiger partial charge in [0.2, 0.25) is 10.9 Å². The highest BCUT2D eigenvalue weighted by Gasteiger charge is 2.14. The average Bonchev–Trinajstić information content (AvgIpc) is 2.50. The number of thiol groups is 1. The standard InChI is InChI=1S/C16H20N2O4S/c1-17(2)14-8-3-7-13-12(14)6-4-9-15(13)18(23(21)22)11-5-10-16(19)20/h3-4,6-9,23H,5,10-11H2,1-2H3,(H,19,20). The molecule has 0 spiro atoms. The molecule has 7 heteroatoms. The molecule has 0 bridgehead atoms. The van der Waals surface area contributed by atoms with Gasteiger partial charge in [0, 0.05) is 43.5 Å². The number of carbonyl (C=O) groups is 1. The third-order valence-corrected chi connectivity index (χ3v) is 4.40. The minimum absolute atomic E-state index is 0.0621. The monoisotopic (exact) mass is 336 g/mol. The number of nitrogens with zero attached hydrogens (tertiary/aromatic N) is 2. The second-order valence-corrected chi connectivity index (χ2v) is 6.36. The molecule has 0 unspecified atom stereocenters. The van der Waals surface area contributed by atoms with Crippen LogP contribution in [0.3, 0.4) is 0 Å². The van der Waals surface area contributed by atoms with Gasteiger partial charge >= 0.3 is 5.97 Å². The molecule has 0 fully saturated rings. The van der Waals surface area contributed by atoms with Crippen molar-refractivity contribution in [2.24, 2.45) is 0 Å². The van der Waals surface area contributed by atoms with Crippen molar-refractivity contribution in [2.45, 2.75) is 12.8 Å². The van der Waals surface area contributed by atoms with Crippen LogP contribution in [-0.4, -0.2) is 40.1 Å². The van der Waals surface area contributed by atoms with E-state index >= 15 is 0 Å². The van der Waals surface area contributed by atoms with E-state index in [2.05, 4.69) is 0 Å². The fourth-order valence-corrected chi connectivity index (χ4v) is 3.22. The molecule has 0 saturated carbocycles. The summed E-state index contributed by atoms with van der Waals surface area (Å²) >= 11 is 0. The largest absolute Gasteiger partial charge is 0.481 e. The van der Waals surface area contributed by atoms with Gasteiger partial charge in [0.25, 0.3) is 0 Å². The molecule has 0 aromatic heterocycles. The minimum atomic E-state index is -2.84. The van der Waals surface area contributed by atoms with Gasteiger partial charge in [0.1, 0.15) is 0 Å². The molecule has 6 nitrogen and oxygen atoms in total. The first kappa shape index (κ1) is 17.1. The van der Waals surface area contributed by atoms with E-state index in [1.54, 1.807) is 6.07 Å². The lowest BCUT2D eigenvalue weighted by atomic mass is 10.1. The Labute approximate surface area is 137 Å². The Morgan fingerprint density at radius 2 is 1.61 bits per heavy atom. The summed E-state index contributed by atoms with van der Waals surface area (Å²) in [6.45, 7) is 0.149. The van der Waals surface area contributed by atoms with E-state index in [0.29, 0.717) is 5.69 Å². The van der Waals surface area contributed by atoms with Crippen LogP contribution >= 0.6 is 0 Å². The van der Waals surface area contributed by atoms with Crippen molar-refractivity contribution >= 4 is 39.0 Å². The SMILES string of the molecule is CN(C)c1cccc2c(N(CCCC(=O)O)[SH](=O)=O)cccc12. The van der Waals surface area contributed by atoms with E-state index in [1.165, 1.54) is 4.31 Å². The van der Waals surface area contributed by atoms with Gasteiger partial charge in [-0.05, 0) is 18.6 Å². The Balaban J connectivity index is 2.47. The first-order valence-corrected chi connectivity index (χ1v) is 8.37. The number of hydrogen-bond acceptors (Lipinski definition) is 4. The summed E-state index contributed by atoms with van der Waals surface area (Å²) in [4.78, 5) is 12.6. The Bertz CT molecular complexity index is 779. The highest BCUT2D eigenvalue weighted by Crippen LogP contribution is 2.32. The Morgan fingerprint density at radius 1 is 1.04 bits per heavy atom. The molecule has 0 aliphatic rings. The molecule has 2 rings (SSSR count). The zero-order valence-corrected chi connectivity index (χ0v) is 14.0. The van der Waals surface area contributed by atoms with Crippen molar-refractivity contribution in [2.75, 3.05) is 29.8 Å². The molecular formula is C16H20N2O4S. The minimum Gasteiger partial charge on any atom is -0.481 e. The van der Waals surface area contributed by atoms with E-state index in [1.807, 2.05) is 49.3 Å². The number of rotatable bonds is 7. The van der Waals surface area contributed by atoms with Crippen molar-refractivity contribution < 1.29 is 18.3 Å². The van der Waals surface area contributed by atoms with Crippen molar-refractivity contribution in [3.63, 3.8) is 0 Å². The summed E-state index contributed by atoms with van der Waals surface area (Å²) in [5.41, 5.74) is 1.57. The maximum Gasteiger partial charge on any atom is 0.303 e. The molecule has 2 aromatic rings. The lowest BCUT2D eigenvalue weighted by Crippen LogP contribution is -2.23. The van der Waals surface area contributed by atoms with Gasteiger partial charge in [-0.15, -0.1) is 0 Å². The van der Waals surface area contributed by atoms with Crippen molar-refractivity contribution in [1.29, 1.82) is 0 Å². The highest BCUT2D eigenvalue weighted by molar-refractivity contribution is 7.74. The zero-order chi connectivity index (χ0) is 17.0. The van der Waals surface area contributed by atoms with Crippen LogP contribution in [0, 0.1) is 0 Å². The summed E-state index contributed by atoms with van der Waals surface area (Å²) in [7, 11) is 1.02. The van der Waals surface area contributed by atoms with Gasteiger partial charge in [-0.1, -0.05) is 24.3 Å². The van der Waals surface area contributed by atoms with E-state index in [-0.39, 0.29) is 19.4 Å². The fraction of sp³-hybridized carbons (Fsp3) is 0.312. The molecule has 0 saturated heterocycles. The van der Waals surface area contributed by atoms with Gasteiger partial charge in [-0.2, -0.15) is 0 Å². The molecule has 0 aliphatic heterocycles.